The molecule has 0 radical (unpaired) electrons. The van der Waals surface area contributed by atoms with Crippen LogP contribution in [0.2, 0.25) is 0 Å². The summed E-state index contributed by atoms with van der Waals surface area (Å²) >= 11 is 0. The van der Waals surface area contributed by atoms with Gasteiger partial charge in [0.05, 0.1) is 27.1 Å². The van der Waals surface area contributed by atoms with Gasteiger partial charge in [0.15, 0.2) is 5.75 Å². The zero-order valence-electron chi connectivity index (χ0n) is 18.0. The predicted octanol–water partition coefficient (Wildman–Crippen LogP) is 2.89. The molecule has 1 aliphatic rings. The number of methoxy groups -OCH3 is 2. The Morgan fingerprint density at radius 2 is 1.74 bits per heavy atom. The molecule has 1 aromatic rings. The second-order valence-corrected chi connectivity index (χ2v) is 7.09. The first-order valence-corrected chi connectivity index (χ1v) is 9.73. The summed E-state index contributed by atoms with van der Waals surface area (Å²) in [7, 11) is 2.69. The summed E-state index contributed by atoms with van der Waals surface area (Å²) in [5.41, 5.74) is 2.74. The van der Waals surface area contributed by atoms with Crippen molar-refractivity contribution in [2.24, 2.45) is 0 Å². The molecule has 1 N–H and O–H groups in total. The van der Waals surface area contributed by atoms with Crippen molar-refractivity contribution >= 4 is 23.9 Å². The highest BCUT2D eigenvalue weighted by Gasteiger charge is 2.34. The van der Waals surface area contributed by atoms with Crippen LogP contribution in [-0.2, 0) is 36.9 Å². The molecule has 0 spiro atoms. The van der Waals surface area contributed by atoms with Crippen molar-refractivity contribution in [1.29, 1.82) is 0 Å². The number of ether oxygens (including phenoxy) is 4. The topological polar surface area (TPSA) is 125 Å². The van der Waals surface area contributed by atoms with E-state index in [9.17, 15) is 19.2 Å². The van der Waals surface area contributed by atoms with Crippen LogP contribution in [0.15, 0.2) is 11.6 Å². The third-order valence-corrected chi connectivity index (χ3v) is 4.99. The van der Waals surface area contributed by atoms with Crippen LogP contribution in [0, 0.1) is 6.92 Å². The van der Waals surface area contributed by atoms with Crippen LogP contribution in [0.3, 0.4) is 0 Å². The number of cyclic esters (lactones) is 1. The smallest absolute Gasteiger partial charge is 0.342 e. The Bertz CT molecular complexity index is 928. The van der Waals surface area contributed by atoms with E-state index in [1.54, 1.807) is 19.9 Å². The lowest BCUT2D eigenvalue weighted by molar-refractivity contribution is -0.144. The maximum absolute atomic E-state index is 12.4. The molecule has 1 heterocycles. The Kier molecular flexibility index (Phi) is 8.18. The van der Waals surface area contributed by atoms with Crippen molar-refractivity contribution in [3.63, 3.8) is 0 Å². The van der Waals surface area contributed by atoms with Crippen LogP contribution in [0.4, 0.5) is 0 Å². The maximum Gasteiger partial charge on any atom is 0.342 e. The molecule has 0 atom stereocenters. The summed E-state index contributed by atoms with van der Waals surface area (Å²) in [4.78, 5) is 46.9. The number of carbonyl (C=O) groups excluding carboxylic acids is 3. The number of allylic oxidation sites excluding steroid dienone is 2. The molecule has 168 valence electrons. The summed E-state index contributed by atoms with van der Waals surface area (Å²) < 4.78 is 20.8. The normalized spacial score (nSPS) is 12.8. The molecular weight excluding hydrogens is 408 g/mol. The van der Waals surface area contributed by atoms with E-state index in [1.807, 2.05) is 0 Å². The fourth-order valence-electron chi connectivity index (χ4n) is 3.28. The van der Waals surface area contributed by atoms with Gasteiger partial charge in [0, 0.05) is 17.5 Å². The lowest BCUT2D eigenvalue weighted by Gasteiger charge is -2.18. The number of carboxylic acids is 1. The SMILES string of the molecule is COC(=O)CCC(=O)Oc1c(C/C=C(\C)CCC(=O)O)c(OC)c(C)c2c1C(=O)OC2. The number of hydrogen-bond acceptors (Lipinski definition) is 8. The van der Waals surface area contributed by atoms with Crippen molar-refractivity contribution in [1.82, 2.24) is 0 Å². The lowest BCUT2D eigenvalue weighted by atomic mass is 9.94. The van der Waals surface area contributed by atoms with E-state index >= 15 is 0 Å². The first kappa shape index (κ1) is 23.9. The number of carboxylic acid groups (broad SMARTS) is 1. The van der Waals surface area contributed by atoms with Gasteiger partial charge in [-0.25, -0.2) is 4.79 Å². The van der Waals surface area contributed by atoms with Crippen molar-refractivity contribution in [3.8, 4) is 11.5 Å². The summed E-state index contributed by atoms with van der Waals surface area (Å²) in [6.07, 6.45) is 2.02. The molecule has 31 heavy (non-hydrogen) atoms. The number of fused-ring (bicyclic) bond motifs is 1. The molecule has 2 rings (SSSR count). The molecule has 9 nitrogen and oxygen atoms in total. The molecular formula is C22H26O9. The van der Waals surface area contributed by atoms with E-state index in [0.29, 0.717) is 28.9 Å². The number of rotatable bonds is 10. The molecule has 0 saturated carbocycles. The van der Waals surface area contributed by atoms with Crippen LogP contribution in [0.5, 0.6) is 11.5 Å². The zero-order valence-corrected chi connectivity index (χ0v) is 18.0. The highest BCUT2D eigenvalue weighted by atomic mass is 16.6. The minimum Gasteiger partial charge on any atom is -0.496 e. The van der Waals surface area contributed by atoms with E-state index in [2.05, 4.69) is 4.74 Å². The van der Waals surface area contributed by atoms with Gasteiger partial charge in [-0.3, -0.25) is 14.4 Å². The monoisotopic (exact) mass is 434 g/mol. The summed E-state index contributed by atoms with van der Waals surface area (Å²) in [5, 5.41) is 8.86. The minimum atomic E-state index is -0.901. The summed E-state index contributed by atoms with van der Waals surface area (Å²) in [5.74, 6) is -2.27. The van der Waals surface area contributed by atoms with Gasteiger partial charge in [-0.15, -0.1) is 0 Å². The molecule has 1 aliphatic heterocycles. The third kappa shape index (κ3) is 5.84. The quantitative estimate of drug-likeness (QED) is 0.336. The van der Waals surface area contributed by atoms with Crippen LogP contribution in [0.25, 0.3) is 0 Å². The second-order valence-electron chi connectivity index (χ2n) is 7.09. The van der Waals surface area contributed by atoms with Gasteiger partial charge in [-0.2, -0.15) is 0 Å². The van der Waals surface area contributed by atoms with E-state index in [4.69, 9.17) is 19.3 Å². The highest BCUT2D eigenvalue weighted by Crippen LogP contribution is 2.43. The molecule has 9 heteroatoms. The van der Waals surface area contributed by atoms with Gasteiger partial charge in [0.1, 0.15) is 17.9 Å². The van der Waals surface area contributed by atoms with Crippen molar-refractivity contribution in [2.75, 3.05) is 14.2 Å². The van der Waals surface area contributed by atoms with Crippen molar-refractivity contribution in [3.05, 3.63) is 33.9 Å². The van der Waals surface area contributed by atoms with Crippen LogP contribution in [0.1, 0.15) is 59.7 Å². The molecule has 0 aliphatic carbocycles. The number of benzene rings is 1. The van der Waals surface area contributed by atoms with Gasteiger partial charge in [0.2, 0.25) is 0 Å². The van der Waals surface area contributed by atoms with Crippen LogP contribution >= 0.6 is 0 Å². The first-order valence-electron chi connectivity index (χ1n) is 9.73. The molecule has 1 aromatic carbocycles. The fraction of sp³-hybridized carbons (Fsp3) is 0.455. The Labute approximate surface area is 179 Å². The summed E-state index contributed by atoms with van der Waals surface area (Å²) in [6.45, 7) is 3.62. The Morgan fingerprint density at radius 3 is 2.35 bits per heavy atom. The minimum absolute atomic E-state index is 0.00954. The largest absolute Gasteiger partial charge is 0.496 e. The maximum atomic E-state index is 12.4. The van der Waals surface area contributed by atoms with Crippen molar-refractivity contribution < 1.29 is 43.2 Å². The Morgan fingerprint density at radius 1 is 1.06 bits per heavy atom. The van der Waals surface area contributed by atoms with Gasteiger partial charge in [-0.05, 0) is 32.3 Å². The molecule has 0 unspecified atom stereocenters. The van der Waals surface area contributed by atoms with E-state index in [1.165, 1.54) is 14.2 Å². The fourth-order valence-corrected chi connectivity index (χ4v) is 3.28. The molecule has 0 saturated heterocycles. The Balaban J connectivity index is 2.45. The van der Waals surface area contributed by atoms with E-state index < -0.39 is 23.9 Å². The highest BCUT2D eigenvalue weighted by molar-refractivity contribution is 5.99. The number of hydrogen-bond donors (Lipinski definition) is 1. The third-order valence-electron chi connectivity index (χ3n) is 4.99. The van der Waals surface area contributed by atoms with Gasteiger partial charge < -0.3 is 24.1 Å². The van der Waals surface area contributed by atoms with Gasteiger partial charge in [-0.1, -0.05) is 11.6 Å². The van der Waals surface area contributed by atoms with Gasteiger partial charge >= 0.3 is 23.9 Å². The van der Waals surface area contributed by atoms with Gasteiger partial charge in [0.25, 0.3) is 0 Å². The zero-order chi connectivity index (χ0) is 23.1. The van der Waals surface area contributed by atoms with Crippen LogP contribution < -0.4 is 9.47 Å². The number of carbonyl (C=O) groups is 4. The standard InChI is InChI=1S/C22H26O9/c1-12(6-8-16(23)24)5-7-14-20(29-4)13(2)15-11-30-22(27)19(15)21(14)31-18(26)10-9-17(25)28-3/h5H,6-11H2,1-4H3,(H,23,24)/b12-5+. The van der Waals surface area contributed by atoms with Crippen LogP contribution in [-0.4, -0.2) is 43.2 Å². The summed E-state index contributed by atoms with van der Waals surface area (Å²) in [6, 6.07) is 0. The molecule has 0 bridgehead atoms. The number of aliphatic carboxylic acids is 1. The first-order chi connectivity index (χ1) is 14.7. The predicted molar refractivity (Wildman–Crippen MR) is 108 cm³/mol. The molecule has 0 amide bonds. The lowest BCUT2D eigenvalue weighted by Crippen LogP contribution is -2.15. The molecule has 0 aromatic heterocycles. The van der Waals surface area contributed by atoms with E-state index in [0.717, 1.165) is 5.57 Å². The second kappa shape index (κ2) is 10.6. The Hall–Kier alpha value is -3.36. The van der Waals surface area contributed by atoms with E-state index in [-0.39, 0.29) is 43.6 Å². The average Bonchev–Trinajstić information content (AvgIpc) is 3.12. The average molecular weight is 434 g/mol. The van der Waals surface area contributed by atoms with Crippen molar-refractivity contribution in [2.45, 2.75) is 52.6 Å². The molecule has 0 fully saturated rings. The number of esters is 3.